The van der Waals surface area contributed by atoms with Crippen molar-refractivity contribution in [2.24, 2.45) is 0 Å². The van der Waals surface area contributed by atoms with Gasteiger partial charge in [0.15, 0.2) is 11.5 Å². The van der Waals surface area contributed by atoms with E-state index in [-0.39, 0.29) is 0 Å². The number of halogens is 1. The first-order chi connectivity index (χ1) is 6.77. The number of hydrogen-bond donors (Lipinski definition) is 0. The summed E-state index contributed by atoms with van der Waals surface area (Å²) in [5.74, 6) is 1.67. The Morgan fingerprint density at radius 1 is 1.36 bits per heavy atom. The van der Waals surface area contributed by atoms with E-state index in [1.807, 2.05) is 18.2 Å². The van der Waals surface area contributed by atoms with Gasteiger partial charge in [-0.1, -0.05) is 6.04 Å². The second-order valence-electron chi connectivity index (χ2n) is 3.00. The third-order valence-electron chi connectivity index (χ3n) is 1.88. The van der Waals surface area contributed by atoms with Gasteiger partial charge < -0.3 is 9.47 Å². The number of ether oxygens (including phenoxy) is 2. The van der Waals surface area contributed by atoms with Crippen molar-refractivity contribution in [2.75, 3.05) is 13.7 Å². The van der Waals surface area contributed by atoms with Crippen LogP contribution >= 0.6 is 22.6 Å². The van der Waals surface area contributed by atoms with Crippen LogP contribution in [0, 0.1) is 3.57 Å². The lowest BCUT2D eigenvalue weighted by Gasteiger charge is -2.10. The molecule has 1 aromatic rings. The van der Waals surface area contributed by atoms with Crippen LogP contribution in [0.4, 0.5) is 0 Å². The molecule has 0 aromatic heterocycles. The summed E-state index contributed by atoms with van der Waals surface area (Å²) in [4.78, 5) is 0. The van der Waals surface area contributed by atoms with Gasteiger partial charge in [-0.3, -0.25) is 0 Å². The normalized spacial score (nSPS) is 10.1. The van der Waals surface area contributed by atoms with Gasteiger partial charge in [0.05, 0.1) is 13.7 Å². The van der Waals surface area contributed by atoms with Crippen molar-refractivity contribution in [2.45, 2.75) is 12.5 Å². The molecular weight excluding hydrogens is 307 g/mol. The first-order valence-corrected chi connectivity index (χ1v) is 7.23. The smallest absolute Gasteiger partial charge is 0.161 e. The summed E-state index contributed by atoms with van der Waals surface area (Å²) < 4.78 is 12.0. The largest absolute Gasteiger partial charge is 0.493 e. The van der Waals surface area contributed by atoms with Crippen molar-refractivity contribution in [3.05, 3.63) is 21.8 Å². The fraction of sp³-hybridized carbons (Fsp3) is 0.400. The summed E-state index contributed by atoms with van der Waals surface area (Å²) in [5.41, 5.74) is 0. The van der Waals surface area contributed by atoms with Crippen LogP contribution in [0.1, 0.15) is 6.42 Å². The average Bonchev–Trinajstić information content (AvgIpc) is 2.20. The van der Waals surface area contributed by atoms with Gasteiger partial charge in [0.25, 0.3) is 0 Å². The molecule has 1 aromatic carbocycles. The quantitative estimate of drug-likeness (QED) is 0.468. The molecule has 4 heteroatoms. The number of hydrogen-bond acceptors (Lipinski definition) is 2. The van der Waals surface area contributed by atoms with Crippen LogP contribution < -0.4 is 9.47 Å². The maximum Gasteiger partial charge on any atom is 0.161 e. The van der Waals surface area contributed by atoms with Crippen LogP contribution in [0.15, 0.2) is 18.2 Å². The zero-order chi connectivity index (χ0) is 10.4. The minimum atomic E-state index is 0.792. The second-order valence-corrected chi connectivity index (χ2v) is 5.24. The summed E-state index contributed by atoms with van der Waals surface area (Å²) in [5, 5.41) is 0. The third-order valence-corrected chi connectivity index (χ3v) is 3.26. The van der Waals surface area contributed by atoms with Gasteiger partial charge in [0.1, 0.15) is 0 Å². The van der Waals surface area contributed by atoms with Crippen molar-refractivity contribution in [1.82, 2.24) is 0 Å². The standard InChI is InChI=1S/C10H15IO2Si/c1-12-10-7-8(11)3-4-9(10)13-5-2-6-14/h3-4,7H,2,5-6H2,1,14H3. The summed E-state index contributed by atoms with van der Waals surface area (Å²) in [6.45, 7) is 0.792. The Labute approximate surface area is 102 Å². The van der Waals surface area contributed by atoms with Gasteiger partial charge in [0.2, 0.25) is 0 Å². The SMILES string of the molecule is COc1cc(I)ccc1OCCC[SiH3]. The minimum Gasteiger partial charge on any atom is -0.493 e. The van der Waals surface area contributed by atoms with E-state index in [1.165, 1.54) is 16.3 Å². The molecule has 0 heterocycles. The van der Waals surface area contributed by atoms with E-state index in [0.717, 1.165) is 28.1 Å². The Bertz CT molecular complexity index is 291. The molecule has 0 N–H and O–H groups in total. The van der Waals surface area contributed by atoms with E-state index in [9.17, 15) is 0 Å². The molecule has 0 unspecified atom stereocenters. The summed E-state index contributed by atoms with van der Waals surface area (Å²) in [7, 11) is 2.92. The molecule has 0 bridgehead atoms. The lowest BCUT2D eigenvalue weighted by Crippen LogP contribution is -1.99. The summed E-state index contributed by atoms with van der Waals surface area (Å²) >= 11 is 2.26. The third kappa shape index (κ3) is 3.49. The first kappa shape index (κ1) is 11.8. The molecule has 78 valence electrons. The zero-order valence-electron chi connectivity index (χ0n) is 8.55. The molecule has 0 spiro atoms. The Morgan fingerprint density at radius 3 is 2.79 bits per heavy atom. The molecule has 0 amide bonds. The van der Waals surface area contributed by atoms with Crippen molar-refractivity contribution in [3.63, 3.8) is 0 Å². The summed E-state index contributed by atoms with van der Waals surface area (Å²) in [6.07, 6.45) is 1.14. The van der Waals surface area contributed by atoms with Crippen LogP contribution in [-0.4, -0.2) is 24.0 Å². The van der Waals surface area contributed by atoms with Crippen molar-refractivity contribution in [3.8, 4) is 11.5 Å². The Morgan fingerprint density at radius 2 is 2.14 bits per heavy atom. The van der Waals surface area contributed by atoms with Gasteiger partial charge in [-0.15, -0.1) is 0 Å². The molecule has 2 nitrogen and oxygen atoms in total. The predicted molar refractivity (Wildman–Crippen MR) is 70.6 cm³/mol. The van der Waals surface area contributed by atoms with Gasteiger partial charge in [-0.05, 0) is 47.2 Å². The molecule has 0 aliphatic carbocycles. The second kappa shape index (κ2) is 6.29. The van der Waals surface area contributed by atoms with E-state index in [4.69, 9.17) is 9.47 Å². The molecule has 14 heavy (non-hydrogen) atoms. The number of rotatable bonds is 5. The molecular formula is C10H15IO2Si. The van der Waals surface area contributed by atoms with Crippen molar-refractivity contribution < 1.29 is 9.47 Å². The van der Waals surface area contributed by atoms with Crippen molar-refractivity contribution >= 4 is 32.8 Å². The maximum atomic E-state index is 5.62. The van der Waals surface area contributed by atoms with Crippen LogP contribution in [-0.2, 0) is 0 Å². The van der Waals surface area contributed by atoms with E-state index in [1.54, 1.807) is 7.11 Å². The van der Waals surface area contributed by atoms with Gasteiger partial charge in [0, 0.05) is 13.8 Å². The molecule has 0 saturated carbocycles. The number of benzene rings is 1. The molecule has 1 rings (SSSR count). The molecule has 0 aliphatic heterocycles. The van der Waals surface area contributed by atoms with Gasteiger partial charge in [-0.2, -0.15) is 0 Å². The van der Waals surface area contributed by atoms with E-state index in [0.29, 0.717) is 0 Å². The van der Waals surface area contributed by atoms with E-state index in [2.05, 4.69) is 22.6 Å². The molecule has 0 atom stereocenters. The van der Waals surface area contributed by atoms with Crippen LogP contribution in [0.3, 0.4) is 0 Å². The maximum absolute atomic E-state index is 5.62. The molecule has 0 aliphatic rings. The Balaban J connectivity index is 2.65. The highest BCUT2D eigenvalue weighted by Gasteiger charge is 2.03. The van der Waals surface area contributed by atoms with E-state index < -0.39 is 0 Å². The molecule has 0 fully saturated rings. The van der Waals surface area contributed by atoms with E-state index >= 15 is 0 Å². The predicted octanol–water partition coefficient (Wildman–Crippen LogP) is 1.85. The van der Waals surface area contributed by atoms with Crippen LogP contribution in [0.25, 0.3) is 0 Å². The van der Waals surface area contributed by atoms with Crippen molar-refractivity contribution in [1.29, 1.82) is 0 Å². The highest BCUT2D eigenvalue weighted by Crippen LogP contribution is 2.28. The fourth-order valence-electron chi connectivity index (χ4n) is 1.09. The van der Waals surface area contributed by atoms with Crippen LogP contribution in [0.5, 0.6) is 11.5 Å². The van der Waals surface area contributed by atoms with Crippen LogP contribution in [0.2, 0.25) is 6.04 Å². The monoisotopic (exact) mass is 322 g/mol. The lowest BCUT2D eigenvalue weighted by atomic mass is 10.3. The molecule has 0 saturated heterocycles. The topological polar surface area (TPSA) is 18.5 Å². The minimum absolute atomic E-state index is 0.792. The number of methoxy groups -OCH3 is 1. The molecule has 0 radical (unpaired) electrons. The summed E-state index contributed by atoms with van der Waals surface area (Å²) in [6, 6.07) is 7.26. The first-order valence-electron chi connectivity index (χ1n) is 4.74. The van der Waals surface area contributed by atoms with Gasteiger partial charge in [-0.25, -0.2) is 0 Å². The zero-order valence-corrected chi connectivity index (χ0v) is 12.7. The van der Waals surface area contributed by atoms with Gasteiger partial charge >= 0.3 is 0 Å². The Kier molecular flexibility index (Phi) is 5.32. The fourth-order valence-corrected chi connectivity index (χ4v) is 1.84. The average molecular weight is 322 g/mol. The Hall–Kier alpha value is -0.233. The highest BCUT2D eigenvalue weighted by atomic mass is 127. The lowest BCUT2D eigenvalue weighted by molar-refractivity contribution is 0.294. The highest BCUT2D eigenvalue weighted by molar-refractivity contribution is 14.1.